The summed E-state index contributed by atoms with van der Waals surface area (Å²) in [5, 5.41) is 66.1. The second-order valence-electron chi connectivity index (χ2n) is 17.0. The van der Waals surface area contributed by atoms with Crippen molar-refractivity contribution in [3.63, 3.8) is 0 Å². The molecule has 26 nitrogen and oxygen atoms in total. The first-order valence-corrected chi connectivity index (χ1v) is 23.2. The van der Waals surface area contributed by atoms with E-state index in [1.807, 2.05) is 0 Å². The lowest BCUT2D eigenvalue weighted by atomic mass is 10.0. The Bertz CT molecular complexity index is 1930. The van der Waals surface area contributed by atoms with E-state index < -0.39 is 146 Å². The van der Waals surface area contributed by atoms with Crippen LogP contribution in [0.4, 0.5) is 0 Å². The molecule has 0 aliphatic carbocycles. The number of nitrogens with one attached hydrogen (secondary N) is 7. The molecule has 0 radical (unpaired) electrons. The molecular weight excluding hydrogens is 923 g/mol. The van der Waals surface area contributed by atoms with Crippen LogP contribution in [-0.4, -0.2) is 183 Å². The third kappa shape index (κ3) is 20.3. The largest absolute Gasteiger partial charge is 0.481 e. The highest BCUT2D eigenvalue weighted by Gasteiger charge is 2.40. The SMILES string of the molecule is C[C@@H](O)[C@H](N)C(=O)NCC(=O)N[C@@H](CCCCN)C(=O)N[C@H](C(=O)N[C@@H](CO)C(=O)N[C@@H](CCC(=O)O)C(=O)N[C@@H](CCCCN)C(=O)N1CCC[C@H]1C(=O)N[C@@H](Cc1ccccc1)C(=O)O)[C@@H](C)O. The van der Waals surface area contributed by atoms with E-state index in [4.69, 9.17) is 17.2 Å². The second kappa shape index (κ2) is 31.0. The Balaban J connectivity index is 2.26. The molecule has 10 atom stereocenters. The standard InChI is InChI=1S/C44H71N11O15/c1-24(57)35(47)41(66)48-22-33(59)49-27(13-6-8-18-45)38(63)54-36(25(2)58)42(67)53-31(23-56)39(64)50-28(16-17-34(60)61)37(62)51-29(14-7-9-19-46)43(68)55-20-10-15-32(55)40(65)52-30(44(69)70)21-26-11-4-3-5-12-26/h3-5,11-12,24-25,27-32,35-36,56-58H,6-10,13-23,45-47H2,1-2H3,(H,48,66)(H,49,59)(H,50,64)(H,51,62)(H,52,65)(H,53,67)(H,54,63)(H,60,61)(H,69,70)/t24-,25-,27+,28+,29+,30+,31+,32+,35+,36+/m1/s1. The van der Waals surface area contributed by atoms with E-state index in [1.54, 1.807) is 30.3 Å². The zero-order valence-electron chi connectivity index (χ0n) is 39.5. The third-order valence-electron chi connectivity index (χ3n) is 11.3. The second-order valence-corrected chi connectivity index (χ2v) is 17.0. The molecule has 1 aliphatic rings. The number of carbonyl (C=O) groups is 10. The minimum atomic E-state index is -1.87. The van der Waals surface area contributed by atoms with Crippen molar-refractivity contribution in [3.05, 3.63) is 35.9 Å². The van der Waals surface area contributed by atoms with Gasteiger partial charge in [0.25, 0.3) is 0 Å². The molecule has 1 aromatic rings. The molecule has 0 saturated carbocycles. The predicted octanol–water partition coefficient (Wildman–Crippen LogP) is -5.47. The van der Waals surface area contributed by atoms with Crippen LogP contribution in [0, 0.1) is 0 Å². The van der Waals surface area contributed by atoms with Gasteiger partial charge in [0, 0.05) is 19.4 Å². The van der Waals surface area contributed by atoms with E-state index in [0.717, 1.165) is 6.92 Å². The molecule has 0 aromatic heterocycles. The molecule has 18 N–H and O–H groups in total. The van der Waals surface area contributed by atoms with Crippen molar-refractivity contribution in [1.82, 2.24) is 42.1 Å². The van der Waals surface area contributed by atoms with E-state index in [1.165, 1.54) is 11.8 Å². The van der Waals surface area contributed by atoms with Gasteiger partial charge in [-0.15, -0.1) is 0 Å². The average Bonchev–Trinajstić information content (AvgIpc) is 3.82. The summed E-state index contributed by atoms with van der Waals surface area (Å²) in [4.78, 5) is 132. The smallest absolute Gasteiger partial charge is 0.326 e. The molecule has 1 aliphatic heterocycles. The molecule has 2 rings (SSSR count). The van der Waals surface area contributed by atoms with Crippen LogP contribution >= 0.6 is 0 Å². The van der Waals surface area contributed by atoms with Crippen molar-refractivity contribution < 1.29 is 73.5 Å². The van der Waals surface area contributed by atoms with Crippen molar-refractivity contribution >= 4 is 59.2 Å². The van der Waals surface area contributed by atoms with Gasteiger partial charge < -0.3 is 84.9 Å². The number of benzene rings is 1. The number of aliphatic hydroxyl groups is 3. The van der Waals surface area contributed by atoms with Gasteiger partial charge in [-0.25, -0.2) is 4.79 Å². The first kappa shape index (κ1) is 59.8. The number of likely N-dealkylation sites (tertiary alicyclic amines) is 1. The maximum absolute atomic E-state index is 14.2. The molecule has 1 saturated heterocycles. The average molecular weight is 994 g/mol. The number of amides is 8. The maximum Gasteiger partial charge on any atom is 0.326 e. The summed E-state index contributed by atoms with van der Waals surface area (Å²) in [6.07, 6.45) is -2.15. The highest BCUT2D eigenvalue weighted by molar-refractivity contribution is 5.98. The van der Waals surface area contributed by atoms with Crippen molar-refractivity contribution in [2.24, 2.45) is 17.2 Å². The van der Waals surface area contributed by atoms with E-state index in [2.05, 4.69) is 37.2 Å². The lowest BCUT2D eigenvalue weighted by Gasteiger charge is -2.31. The first-order valence-electron chi connectivity index (χ1n) is 23.2. The van der Waals surface area contributed by atoms with Crippen LogP contribution in [-0.2, 0) is 54.4 Å². The number of carboxylic acid groups (broad SMARTS) is 2. The maximum atomic E-state index is 14.2. The fourth-order valence-corrected chi connectivity index (χ4v) is 7.28. The molecule has 70 heavy (non-hydrogen) atoms. The van der Waals surface area contributed by atoms with Gasteiger partial charge in [-0.2, -0.15) is 0 Å². The minimum absolute atomic E-state index is 0.00740. The van der Waals surface area contributed by atoms with Gasteiger partial charge in [-0.1, -0.05) is 30.3 Å². The summed E-state index contributed by atoms with van der Waals surface area (Å²) in [5.41, 5.74) is 17.5. The normalized spacial score (nSPS) is 17.1. The summed E-state index contributed by atoms with van der Waals surface area (Å²) in [6.45, 7) is 1.17. The highest BCUT2D eigenvalue weighted by Crippen LogP contribution is 2.21. The Kier molecular flexibility index (Phi) is 26.5. The monoisotopic (exact) mass is 994 g/mol. The van der Waals surface area contributed by atoms with Crippen LogP contribution in [0.25, 0.3) is 0 Å². The van der Waals surface area contributed by atoms with Crippen LogP contribution < -0.4 is 54.4 Å². The number of unbranched alkanes of at least 4 members (excludes halogenated alkanes) is 2. The van der Waals surface area contributed by atoms with Crippen LogP contribution in [0.2, 0.25) is 0 Å². The van der Waals surface area contributed by atoms with Crippen molar-refractivity contribution in [3.8, 4) is 0 Å². The van der Waals surface area contributed by atoms with E-state index in [0.29, 0.717) is 37.7 Å². The van der Waals surface area contributed by atoms with Gasteiger partial charge in [0.2, 0.25) is 47.3 Å². The molecule has 26 heteroatoms. The Labute approximate surface area is 405 Å². The van der Waals surface area contributed by atoms with Crippen molar-refractivity contribution in [2.75, 3.05) is 32.8 Å². The zero-order valence-corrected chi connectivity index (χ0v) is 39.5. The number of hydrogen-bond donors (Lipinski definition) is 15. The topological polar surface area (TPSA) is 437 Å². The lowest BCUT2D eigenvalue weighted by Crippen LogP contribution is -2.62. The molecule has 0 bridgehead atoms. The van der Waals surface area contributed by atoms with Gasteiger partial charge in [0.15, 0.2) is 0 Å². The quantitative estimate of drug-likeness (QED) is 0.0300. The zero-order chi connectivity index (χ0) is 52.5. The summed E-state index contributed by atoms with van der Waals surface area (Å²) in [5.74, 6) is -10.2. The van der Waals surface area contributed by atoms with Crippen LogP contribution in [0.15, 0.2) is 30.3 Å². The lowest BCUT2D eigenvalue weighted by molar-refractivity contribution is -0.145. The highest BCUT2D eigenvalue weighted by atomic mass is 16.4. The number of aliphatic hydroxyl groups excluding tert-OH is 3. The summed E-state index contributed by atoms with van der Waals surface area (Å²) < 4.78 is 0. The molecule has 1 heterocycles. The summed E-state index contributed by atoms with van der Waals surface area (Å²) in [6, 6.07) is -3.23. The third-order valence-corrected chi connectivity index (χ3v) is 11.3. The number of nitrogens with two attached hydrogens (primary N) is 3. The summed E-state index contributed by atoms with van der Waals surface area (Å²) in [7, 11) is 0. The molecule has 0 spiro atoms. The number of carbonyl (C=O) groups excluding carboxylic acids is 8. The Morgan fingerprint density at radius 1 is 0.671 bits per heavy atom. The van der Waals surface area contributed by atoms with Crippen LogP contribution in [0.3, 0.4) is 0 Å². The number of hydrogen-bond acceptors (Lipinski definition) is 16. The fourth-order valence-electron chi connectivity index (χ4n) is 7.28. The Hall–Kier alpha value is -6.32. The van der Waals surface area contributed by atoms with Gasteiger partial charge in [-0.05, 0) is 90.3 Å². The van der Waals surface area contributed by atoms with Gasteiger partial charge in [-0.3, -0.25) is 43.2 Å². The van der Waals surface area contributed by atoms with Gasteiger partial charge >= 0.3 is 11.9 Å². The van der Waals surface area contributed by atoms with Gasteiger partial charge in [0.1, 0.15) is 48.3 Å². The number of nitrogens with zero attached hydrogens (tertiary/aromatic N) is 1. The molecule has 392 valence electrons. The van der Waals surface area contributed by atoms with Crippen molar-refractivity contribution in [2.45, 2.75) is 145 Å². The predicted molar refractivity (Wildman–Crippen MR) is 248 cm³/mol. The van der Waals surface area contributed by atoms with Crippen molar-refractivity contribution in [1.29, 1.82) is 0 Å². The fraction of sp³-hybridized carbons (Fsp3) is 0.636. The molecule has 8 amide bonds. The molecule has 0 unspecified atom stereocenters. The van der Waals surface area contributed by atoms with E-state index in [-0.39, 0.29) is 45.3 Å². The van der Waals surface area contributed by atoms with E-state index in [9.17, 15) is 73.5 Å². The number of aliphatic carboxylic acids is 2. The number of carboxylic acids is 2. The molecule has 1 fully saturated rings. The Morgan fingerprint density at radius 2 is 1.23 bits per heavy atom. The van der Waals surface area contributed by atoms with Crippen LogP contribution in [0.1, 0.15) is 83.6 Å². The van der Waals surface area contributed by atoms with E-state index >= 15 is 0 Å². The van der Waals surface area contributed by atoms with Crippen LogP contribution in [0.5, 0.6) is 0 Å². The number of rotatable bonds is 32. The van der Waals surface area contributed by atoms with Gasteiger partial charge in [0.05, 0.1) is 25.4 Å². The first-order chi connectivity index (χ1) is 33.1. The Morgan fingerprint density at radius 3 is 1.79 bits per heavy atom. The minimum Gasteiger partial charge on any atom is -0.481 e. The molecular formula is C44H71N11O15. The summed E-state index contributed by atoms with van der Waals surface area (Å²) >= 11 is 0. The molecule has 1 aromatic carbocycles.